The highest BCUT2D eigenvalue weighted by Gasteiger charge is 2.30. The summed E-state index contributed by atoms with van der Waals surface area (Å²) in [6.45, 7) is 11.9. The van der Waals surface area contributed by atoms with Crippen LogP contribution < -0.4 is 0 Å². The van der Waals surface area contributed by atoms with E-state index in [1.54, 1.807) is 0 Å². The predicted molar refractivity (Wildman–Crippen MR) is 391 cm³/mol. The highest BCUT2D eigenvalue weighted by Crippen LogP contribution is 2.45. The first-order valence-corrected chi connectivity index (χ1v) is 42.8. The van der Waals surface area contributed by atoms with E-state index in [1.165, 1.54) is 199 Å². The van der Waals surface area contributed by atoms with Gasteiger partial charge in [-0.3, -0.25) is 37.3 Å². The third-order valence-electron chi connectivity index (χ3n) is 17.9. The molecular formula is C77H150O17P2. The summed E-state index contributed by atoms with van der Waals surface area (Å²) in [6.07, 6.45) is 54.1. The van der Waals surface area contributed by atoms with E-state index < -0.39 is 97.5 Å². The summed E-state index contributed by atoms with van der Waals surface area (Å²) < 4.78 is 68.6. The molecule has 0 heterocycles. The zero-order valence-corrected chi connectivity index (χ0v) is 64.6. The van der Waals surface area contributed by atoms with Crippen LogP contribution in [0.25, 0.3) is 0 Å². The first-order chi connectivity index (χ1) is 46.2. The molecule has 2 unspecified atom stereocenters. The van der Waals surface area contributed by atoms with Crippen molar-refractivity contribution in [3.8, 4) is 0 Å². The van der Waals surface area contributed by atoms with Crippen LogP contribution in [0.5, 0.6) is 0 Å². The number of esters is 4. The highest BCUT2D eigenvalue weighted by atomic mass is 31.2. The Morgan fingerprint density at radius 2 is 0.479 bits per heavy atom. The van der Waals surface area contributed by atoms with Gasteiger partial charge in [0.15, 0.2) is 12.2 Å². The van der Waals surface area contributed by atoms with Crippen molar-refractivity contribution in [2.45, 2.75) is 414 Å². The number of unbranched alkanes of at least 4 members (excludes halogenated alkanes) is 43. The third kappa shape index (κ3) is 70.5. The molecule has 0 aromatic heterocycles. The van der Waals surface area contributed by atoms with E-state index in [0.29, 0.717) is 31.6 Å². The standard InChI is InChI=1S/C77H150O17P2/c1-8-9-10-11-12-13-14-15-16-20-25-30-37-44-51-58-74(79)87-64-72(93-76(81)60-53-46-38-31-26-21-18-17-19-23-28-34-41-48-55-68(2)3)66-91-95(83,84)89-62-71(78)63-90-96(85,86)92-67-73(65-88-75(80)59-52-45-40-33-36-43-50-57-70(6)7)94-77(82)61-54-47-39-32-27-22-24-29-35-42-49-56-69(4)5/h68-73,78H,8-67H2,1-7H3,(H,83,84)(H,85,86)/t71-,72-,73-/m1/s1. The van der Waals surface area contributed by atoms with Gasteiger partial charge in [-0.2, -0.15) is 0 Å². The van der Waals surface area contributed by atoms with E-state index >= 15 is 0 Å². The van der Waals surface area contributed by atoms with Crippen LogP contribution in [0.15, 0.2) is 0 Å². The first-order valence-electron chi connectivity index (χ1n) is 39.8. The summed E-state index contributed by atoms with van der Waals surface area (Å²) in [4.78, 5) is 72.9. The summed E-state index contributed by atoms with van der Waals surface area (Å²) in [7, 11) is -9.91. The number of carbonyl (C=O) groups excluding carboxylic acids is 4. The van der Waals surface area contributed by atoms with Crippen molar-refractivity contribution in [3.63, 3.8) is 0 Å². The Balaban J connectivity index is 5.25. The van der Waals surface area contributed by atoms with E-state index in [0.717, 1.165) is 108 Å². The molecule has 0 radical (unpaired) electrons. The Labute approximate surface area is 588 Å². The van der Waals surface area contributed by atoms with Crippen LogP contribution >= 0.6 is 15.6 Å². The number of rotatable bonds is 75. The van der Waals surface area contributed by atoms with Crippen molar-refractivity contribution in [2.24, 2.45) is 17.8 Å². The molecule has 0 saturated heterocycles. The molecular weight excluding hydrogens is 1260 g/mol. The van der Waals surface area contributed by atoms with Gasteiger partial charge in [0.25, 0.3) is 0 Å². The molecule has 0 amide bonds. The van der Waals surface area contributed by atoms with Crippen LogP contribution in [0.1, 0.15) is 395 Å². The van der Waals surface area contributed by atoms with Crippen molar-refractivity contribution < 1.29 is 80.2 Å². The molecule has 0 fully saturated rings. The minimum absolute atomic E-state index is 0.106. The van der Waals surface area contributed by atoms with Crippen molar-refractivity contribution in [3.05, 3.63) is 0 Å². The maximum atomic E-state index is 13.1. The minimum Gasteiger partial charge on any atom is -0.462 e. The number of phosphoric acid groups is 2. The van der Waals surface area contributed by atoms with Crippen molar-refractivity contribution in [1.82, 2.24) is 0 Å². The molecule has 0 aliphatic heterocycles. The molecule has 0 rings (SSSR count). The second-order valence-corrected chi connectivity index (χ2v) is 32.1. The Kier molecular flexibility index (Phi) is 66.2. The summed E-state index contributed by atoms with van der Waals surface area (Å²) in [5.74, 6) is 0.149. The van der Waals surface area contributed by atoms with E-state index in [-0.39, 0.29) is 25.7 Å². The van der Waals surface area contributed by atoms with Gasteiger partial charge >= 0.3 is 39.5 Å². The molecule has 0 aliphatic carbocycles. The number of hydrogen-bond acceptors (Lipinski definition) is 15. The Bertz CT molecular complexity index is 1870. The summed E-state index contributed by atoms with van der Waals surface area (Å²) in [5, 5.41) is 10.6. The van der Waals surface area contributed by atoms with E-state index in [2.05, 4.69) is 48.5 Å². The van der Waals surface area contributed by atoms with Crippen molar-refractivity contribution in [2.75, 3.05) is 39.6 Å². The Morgan fingerprint density at radius 1 is 0.281 bits per heavy atom. The van der Waals surface area contributed by atoms with E-state index in [4.69, 9.17) is 37.0 Å². The summed E-state index contributed by atoms with van der Waals surface area (Å²) >= 11 is 0. The zero-order valence-electron chi connectivity index (χ0n) is 62.8. The molecule has 19 heteroatoms. The van der Waals surface area contributed by atoms with Gasteiger partial charge in [0.05, 0.1) is 26.4 Å². The van der Waals surface area contributed by atoms with Crippen molar-refractivity contribution >= 4 is 39.5 Å². The molecule has 570 valence electrons. The van der Waals surface area contributed by atoms with Gasteiger partial charge in [0.2, 0.25) is 0 Å². The van der Waals surface area contributed by atoms with E-state index in [9.17, 15) is 43.2 Å². The lowest BCUT2D eigenvalue weighted by molar-refractivity contribution is -0.161. The minimum atomic E-state index is -4.96. The van der Waals surface area contributed by atoms with Crippen LogP contribution in [0.3, 0.4) is 0 Å². The van der Waals surface area contributed by atoms with Gasteiger partial charge in [0, 0.05) is 25.7 Å². The largest absolute Gasteiger partial charge is 0.472 e. The average molecular weight is 1410 g/mol. The number of hydrogen-bond donors (Lipinski definition) is 3. The molecule has 0 aromatic carbocycles. The van der Waals surface area contributed by atoms with Gasteiger partial charge in [-0.1, -0.05) is 344 Å². The zero-order chi connectivity index (χ0) is 70.9. The smallest absolute Gasteiger partial charge is 0.462 e. The molecule has 17 nitrogen and oxygen atoms in total. The van der Waals surface area contributed by atoms with Crippen LogP contribution in [-0.2, 0) is 65.4 Å². The fraction of sp³-hybridized carbons (Fsp3) is 0.948. The fourth-order valence-corrected chi connectivity index (χ4v) is 13.4. The number of aliphatic hydroxyl groups excluding tert-OH is 1. The quantitative estimate of drug-likeness (QED) is 0.0222. The second-order valence-electron chi connectivity index (χ2n) is 29.2. The SMILES string of the molecule is CCCCCCCCCCCCCCCCCC(=O)OC[C@H](COP(=O)(O)OC[C@@H](O)COP(=O)(O)OC[C@@H](COC(=O)CCCCCCCCCC(C)C)OC(=O)CCCCCCCCCCCCCC(C)C)OC(=O)CCCCCCCCCCCCCCCCC(C)C. The number of ether oxygens (including phenoxy) is 4. The fourth-order valence-electron chi connectivity index (χ4n) is 11.8. The van der Waals surface area contributed by atoms with Gasteiger partial charge < -0.3 is 33.8 Å². The molecule has 0 saturated carbocycles. The Morgan fingerprint density at radius 3 is 0.708 bits per heavy atom. The molecule has 0 aliphatic rings. The lowest BCUT2D eigenvalue weighted by Crippen LogP contribution is -2.30. The second kappa shape index (κ2) is 67.5. The number of aliphatic hydroxyl groups is 1. The van der Waals surface area contributed by atoms with E-state index in [1.807, 2.05) is 0 Å². The maximum absolute atomic E-state index is 13.1. The number of phosphoric ester groups is 2. The maximum Gasteiger partial charge on any atom is 0.472 e. The number of carbonyl (C=O) groups is 4. The average Bonchev–Trinajstić information content (AvgIpc) is 1.16. The van der Waals surface area contributed by atoms with Gasteiger partial charge in [0.1, 0.15) is 19.3 Å². The monoisotopic (exact) mass is 1410 g/mol. The van der Waals surface area contributed by atoms with Crippen LogP contribution in [0, 0.1) is 17.8 Å². The Hall–Kier alpha value is -1.94. The van der Waals surface area contributed by atoms with Gasteiger partial charge in [-0.25, -0.2) is 9.13 Å². The molecule has 0 bridgehead atoms. The normalized spacial score (nSPS) is 14.1. The van der Waals surface area contributed by atoms with Crippen LogP contribution in [0.2, 0.25) is 0 Å². The lowest BCUT2D eigenvalue weighted by Gasteiger charge is -2.21. The molecule has 0 aromatic rings. The summed E-state index contributed by atoms with van der Waals surface area (Å²) in [5.41, 5.74) is 0. The topological polar surface area (TPSA) is 237 Å². The van der Waals surface area contributed by atoms with Gasteiger partial charge in [-0.05, 0) is 43.4 Å². The van der Waals surface area contributed by atoms with Gasteiger partial charge in [-0.15, -0.1) is 0 Å². The molecule has 96 heavy (non-hydrogen) atoms. The third-order valence-corrected chi connectivity index (χ3v) is 19.8. The molecule has 0 spiro atoms. The van der Waals surface area contributed by atoms with Crippen molar-refractivity contribution in [1.29, 1.82) is 0 Å². The lowest BCUT2D eigenvalue weighted by atomic mass is 10.0. The van der Waals surface area contributed by atoms with Crippen LogP contribution in [-0.4, -0.2) is 96.7 Å². The summed E-state index contributed by atoms with van der Waals surface area (Å²) in [6, 6.07) is 0. The highest BCUT2D eigenvalue weighted by molar-refractivity contribution is 7.47. The first kappa shape index (κ1) is 94.1. The molecule has 3 N–H and O–H groups in total. The molecule has 5 atom stereocenters. The van der Waals surface area contributed by atoms with Crippen LogP contribution in [0.4, 0.5) is 0 Å². The predicted octanol–water partition coefficient (Wildman–Crippen LogP) is 22.6.